The molecule has 0 bridgehead atoms. The molecule has 0 spiro atoms. The van der Waals surface area contributed by atoms with Crippen molar-refractivity contribution in [3.8, 4) is 0 Å². The molecule has 1 fully saturated rings. The second kappa shape index (κ2) is 8.07. The van der Waals surface area contributed by atoms with Gasteiger partial charge < -0.3 is 10.0 Å². The minimum Gasteiger partial charge on any atom is -0.480 e. The van der Waals surface area contributed by atoms with Crippen LogP contribution in [-0.4, -0.2) is 93.2 Å². The summed E-state index contributed by atoms with van der Waals surface area (Å²) in [5, 5.41) is 9.00. The molecule has 1 atom stereocenters. The lowest BCUT2D eigenvalue weighted by Crippen LogP contribution is -2.45. The summed E-state index contributed by atoms with van der Waals surface area (Å²) in [7, 11) is 0.746. The summed E-state index contributed by atoms with van der Waals surface area (Å²) >= 11 is 0. The van der Waals surface area contributed by atoms with Crippen molar-refractivity contribution in [3.05, 3.63) is 0 Å². The third-order valence-electron chi connectivity index (χ3n) is 3.69. The van der Waals surface area contributed by atoms with Gasteiger partial charge in [-0.2, -0.15) is 0 Å². The van der Waals surface area contributed by atoms with Crippen LogP contribution in [0.5, 0.6) is 0 Å². The van der Waals surface area contributed by atoms with E-state index in [9.17, 15) is 13.2 Å². The highest BCUT2D eigenvalue weighted by atomic mass is 32.2. The molecule has 1 aliphatic rings. The number of carboxylic acids is 1. The van der Waals surface area contributed by atoms with Crippen molar-refractivity contribution in [1.82, 2.24) is 14.1 Å². The number of nitrogens with zero attached hydrogens (tertiary/aromatic N) is 3. The monoisotopic (exact) mass is 321 g/mol. The molecule has 0 radical (unpaired) electrons. The summed E-state index contributed by atoms with van der Waals surface area (Å²) in [5.74, 6) is -0.639. The zero-order valence-electron chi connectivity index (χ0n) is 13.2. The van der Waals surface area contributed by atoms with Crippen LogP contribution < -0.4 is 0 Å². The van der Waals surface area contributed by atoms with Gasteiger partial charge in [0.1, 0.15) is 0 Å². The average molecular weight is 321 g/mol. The van der Waals surface area contributed by atoms with Crippen molar-refractivity contribution in [1.29, 1.82) is 0 Å². The normalized spacial score (nSPS) is 21.1. The smallest absolute Gasteiger partial charge is 0.317 e. The van der Waals surface area contributed by atoms with Gasteiger partial charge in [-0.1, -0.05) is 0 Å². The zero-order valence-corrected chi connectivity index (χ0v) is 14.0. The molecule has 1 aliphatic heterocycles. The fraction of sp³-hybridized carbons (Fsp3) is 0.923. The molecule has 124 valence electrons. The Bertz CT molecular complexity index is 439. The zero-order chi connectivity index (χ0) is 16.0. The van der Waals surface area contributed by atoms with Crippen molar-refractivity contribution in [3.63, 3.8) is 0 Å². The summed E-state index contributed by atoms with van der Waals surface area (Å²) in [6, 6.07) is 0. The molecule has 0 amide bonds. The molecule has 1 saturated heterocycles. The first-order chi connectivity index (χ1) is 9.68. The molecule has 7 nitrogen and oxygen atoms in total. The Labute approximate surface area is 127 Å². The maximum absolute atomic E-state index is 11.6. The van der Waals surface area contributed by atoms with Gasteiger partial charge in [0, 0.05) is 32.7 Å². The lowest BCUT2D eigenvalue weighted by atomic mass is 9.99. The van der Waals surface area contributed by atoms with E-state index in [0.29, 0.717) is 26.2 Å². The van der Waals surface area contributed by atoms with E-state index in [2.05, 4.69) is 0 Å². The van der Waals surface area contributed by atoms with Gasteiger partial charge in [-0.15, -0.1) is 0 Å². The predicted molar refractivity (Wildman–Crippen MR) is 81.8 cm³/mol. The van der Waals surface area contributed by atoms with Crippen LogP contribution in [0.15, 0.2) is 0 Å². The van der Waals surface area contributed by atoms with E-state index in [1.165, 1.54) is 10.6 Å². The molecule has 0 aliphatic carbocycles. The molecular formula is C13H27N3O4S. The summed E-state index contributed by atoms with van der Waals surface area (Å²) < 4.78 is 24.7. The molecule has 1 rings (SSSR count). The molecule has 1 N–H and O–H groups in total. The van der Waals surface area contributed by atoms with Gasteiger partial charge in [0.25, 0.3) is 0 Å². The van der Waals surface area contributed by atoms with Crippen LogP contribution in [0.1, 0.15) is 12.8 Å². The molecule has 0 aromatic heterocycles. The van der Waals surface area contributed by atoms with Gasteiger partial charge in [0.15, 0.2) is 0 Å². The van der Waals surface area contributed by atoms with Crippen LogP contribution in [-0.2, 0) is 14.8 Å². The van der Waals surface area contributed by atoms with Gasteiger partial charge >= 0.3 is 5.97 Å². The van der Waals surface area contributed by atoms with Crippen LogP contribution in [0.2, 0.25) is 0 Å². The van der Waals surface area contributed by atoms with E-state index in [4.69, 9.17) is 5.11 Å². The molecular weight excluding hydrogens is 294 g/mol. The summed E-state index contributed by atoms with van der Waals surface area (Å²) in [6.07, 6.45) is 3.02. The predicted octanol–water partition coefficient (Wildman–Crippen LogP) is -0.394. The number of sulfonamides is 1. The maximum atomic E-state index is 11.6. The average Bonchev–Trinajstić information content (AvgIpc) is 2.34. The molecule has 8 heteroatoms. The first kappa shape index (κ1) is 18.3. The number of rotatable bonds is 8. The van der Waals surface area contributed by atoms with E-state index in [-0.39, 0.29) is 12.5 Å². The van der Waals surface area contributed by atoms with E-state index in [1.54, 1.807) is 0 Å². The number of carbonyl (C=O) groups is 1. The van der Waals surface area contributed by atoms with E-state index >= 15 is 0 Å². The van der Waals surface area contributed by atoms with Crippen molar-refractivity contribution in [2.24, 2.45) is 5.92 Å². The number of hydrogen-bond acceptors (Lipinski definition) is 5. The highest BCUT2D eigenvalue weighted by Crippen LogP contribution is 2.19. The molecule has 1 unspecified atom stereocenters. The van der Waals surface area contributed by atoms with Gasteiger partial charge in [0.05, 0.1) is 12.8 Å². The molecule has 21 heavy (non-hydrogen) atoms. The van der Waals surface area contributed by atoms with Crippen LogP contribution in [0, 0.1) is 5.92 Å². The molecule has 1 heterocycles. The Morgan fingerprint density at radius 3 is 2.52 bits per heavy atom. The second-order valence-corrected chi connectivity index (χ2v) is 8.04. The van der Waals surface area contributed by atoms with Crippen LogP contribution in [0.4, 0.5) is 0 Å². The molecule has 0 aromatic carbocycles. The van der Waals surface area contributed by atoms with E-state index < -0.39 is 16.0 Å². The van der Waals surface area contributed by atoms with Crippen molar-refractivity contribution >= 4 is 16.0 Å². The third-order valence-corrected chi connectivity index (χ3v) is 4.96. The van der Waals surface area contributed by atoms with E-state index in [1.807, 2.05) is 23.9 Å². The number of hydrogen-bond donors (Lipinski definition) is 1. The molecule has 0 saturated carbocycles. The minimum atomic E-state index is -3.15. The Morgan fingerprint density at radius 1 is 1.33 bits per heavy atom. The van der Waals surface area contributed by atoms with Crippen LogP contribution in [0.3, 0.4) is 0 Å². The minimum absolute atomic E-state index is 0.00319. The number of likely N-dealkylation sites (N-methyl/N-ethyl adjacent to an activating group) is 1. The number of piperidine rings is 1. The Morgan fingerprint density at radius 2 is 2.00 bits per heavy atom. The SMILES string of the molecule is CN(C)CCN(CC(=O)O)CC1CCCN(S(C)(=O)=O)C1. The third kappa shape index (κ3) is 7.21. The highest BCUT2D eigenvalue weighted by molar-refractivity contribution is 7.88. The second-order valence-electron chi connectivity index (χ2n) is 6.06. The van der Waals surface area contributed by atoms with Gasteiger partial charge in [0.2, 0.25) is 10.0 Å². The quantitative estimate of drug-likeness (QED) is 0.655. The van der Waals surface area contributed by atoms with Crippen LogP contribution >= 0.6 is 0 Å². The Kier molecular flexibility index (Phi) is 7.05. The first-order valence-electron chi connectivity index (χ1n) is 7.22. The van der Waals surface area contributed by atoms with E-state index in [0.717, 1.165) is 19.4 Å². The topological polar surface area (TPSA) is 81.2 Å². The lowest BCUT2D eigenvalue weighted by molar-refractivity contribution is -0.138. The lowest BCUT2D eigenvalue weighted by Gasteiger charge is -2.34. The summed E-state index contributed by atoms with van der Waals surface area (Å²) in [6.45, 7) is 3.17. The number of carboxylic acid groups (broad SMARTS) is 1. The fourth-order valence-corrected chi connectivity index (χ4v) is 3.55. The highest BCUT2D eigenvalue weighted by Gasteiger charge is 2.27. The fourth-order valence-electron chi connectivity index (χ4n) is 2.61. The summed E-state index contributed by atoms with van der Waals surface area (Å²) in [5.41, 5.74) is 0. The van der Waals surface area contributed by atoms with Crippen molar-refractivity contribution in [2.75, 3.05) is 59.6 Å². The molecule has 0 aromatic rings. The summed E-state index contributed by atoms with van der Waals surface area (Å²) in [4.78, 5) is 14.9. The van der Waals surface area contributed by atoms with Crippen molar-refractivity contribution in [2.45, 2.75) is 12.8 Å². The maximum Gasteiger partial charge on any atom is 0.317 e. The van der Waals surface area contributed by atoms with Crippen molar-refractivity contribution < 1.29 is 18.3 Å². The van der Waals surface area contributed by atoms with Gasteiger partial charge in [-0.3, -0.25) is 9.69 Å². The van der Waals surface area contributed by atoms with Gasteiger partial charge in [-0.25, -0.2) is 12.7 Å². The largest absolute Gasteiger partial charge is 0.480 e. The standard InChI is InChI=1S/C13H27N3O4S/c1-14(2)7-8-15(11-13(17)18)9-12-5-4-6-16(10-12)21(3,19)20/h12H,4-11H2,1-3H3,(H,17,18). The Balaban J connectivity index is 2.58. The van der Waals surface area contributed by atoms with Gasteiger partial charge in [-0.05, 0) is 32.9 Å². The number of aliphatic carboxylic acids is 1. The first-order valence-corrected chi connectivity index (χ1v) is 9.07. The Hall–Kier alpha value is -0.700. The van der Waals surface area contributed by atoms with Crippen LogP contribution in [0.25, 0.3) is 0 Å².